The second-order valence-corrected chi connectivity index (χ2v) is 9.56. The Bertz CT molecular complexity index is 1330. The number of hydrogen-bond donors (Lipinski definition) is 2. The fourth-order valence-corrected chi connectivity index (χ4v) is 4.46. The van der Waals surface area contributed by atoms with Crippen LogP contribution in [0.1, 0.15) is 27.2 Å². The van der Waals surface area contributed by atoms with Crippen LogP contribution >= 0.6 is 0 Å². The second-order valence-electron chi connectivity index (χ2n) is 9.56. The number of nitrogens with one attached hydrogen (secondary N) is 1. The standard InChI is InChI=1S/C24H27FN6O/c1-24(2,3)28-15-9-10-31(13-15)20-8-7-18-19(27-20)6-5-17(26-18)16-11-14-12-30(4)29-22(14)21(25)23(16)32/h5-8,11-12,15,28,32H,9-10,13H2,1-4H3/t15-/m0/s1. The maximum atomic E-state index is 14.7. The summed E-state index contributed by atoms with van der Waals surface area (Å²) in [5.41, 5.74) is 2.52. The Labute approximate surface area is 185 Å². The molecule has 4 heterocycles. The molecular weight excluding hydrogens is 407 g/mol. The Morgan fingerprint density at radius 1 is 1.12 bits per heavy atom. The summed E-state index contributed by atoms with van der Waals surface area (Å²) < 4.78 is 16.2. The molecule has 0 aliphatic carbocycles. The summed E-state index contributed by atoms with van der Waals surface area (Å²) in [6, 6.07) is 9.69. The molecule has 166 valence electrons. The number of rotatable bonds is 3. The number of anilines is 1. The first kappa shape index (κ1) is 20.6. The van der Waals surface area contributed by atoms with Crippen LogP contribution in [0.4, 0.5) is 10.2 Å². The van der Waals surface area contributed by atoms with Gasteiger partial charge in [-0.25, -0.2) is 14.4 Å². The summed E-state index contributed by atoms with van der Waals surface area (Å²) in [6.45, 7) is 8.42. The van der Waals surface area contributed by atoms with Crippen LogP contribution in [0.5, 0.6) is 5.75 Å². The largest absolute Gasteiger partial charge is 0.504 e. The molecule has 1 saturated heterocycles. The molecule has 0 bridgehead atoms. The van der Waals surface area contributed by atoms with Gasteiger partial charge in [-0.3, -0.25) is 4.68 Å². The number of phenols is 1. The predicted molar refractivity (Wildman–Crippen MR) is 124 cm³/mol. The number of nitrogens with zero attached hydrogens (tertiary/aromatic N) is 5. The van der Waals surface area contributed by atoms with Crippen LogP contribution in [-0.4, -0.2) is 49.5 Å². The number of aryl methyl sites for hydroxylation is 1. The highest BCUT2D eigenvalue weighted by atomic mass is 19.1. The van der Waals surface area contributed by atoms with Gasteiger partial charge in [-0.05, 0) is 57.5 Å². The van der Waals surface area contributed by atoms with Crippen LogP contribution in [-0.2, 0) is 7.05 Å². The molecule has 0 spiro atoms. The zero-order chi connectivity index (χ0) is 22.6. The van der Waals surface area contributed by atoms with Crippen molar-refractivity contribution in [3.8, 4) is 17.0 Å². The molecule has 5 rings (SSSR count). The van der Waals surface area contributed by atoms with Gasteiger partial charge in [0.25, 0.3) is 0 Å². The Hall–Kier alpha value is -3.26. The highest BCUT2D eigenvalue weighted by Gasteiger charge is 2.26. The van der Waals surface area contributed by atoms with E-state index in [-0.39, 0.29) is 11.1 Å². The highest BCUT2D eigenvalue weighted by molar-refractivity contribution is 5.89. The molecule has 4 aromatic rings. The quantitative estimate of drug-likeness (QED) is 0.508. The summed E-state index contributed by atoms with van der Waals surface area (Å²) in [5, 5.41) is 18.8. The van der Waals surface area contributed by atoms with E-state index in [2.05, 4.69) is 41.1 Å². The molecule has 2 N–H and O–H groups in total. The molecule has 1 aromatic carbocycles. The van der Waals surface area contributed by atoms with Gasteiger partial charge >= 0.3 is 0 Å². The van der Waals surface area contributed by atoms with Crippen molar-refractivity contribution in [1.82, 2.24) is 25.1 Å². The minimum absolute atomic E-state index is 0.0850. The monoisotopic (exact) mass is 434 g/mol. The SMILES string of the molecule is Cn1cc2cc(-c3ccc4nc(N5CC[C@H](NC(C)(C)C)C5)ccc4n3)c(O)c(F)c2n1. The Morgan fingerprint density at radius 3 is 2.66 bits per heavy atom. The molecule has 3 aromatic heterocycles. The highest BCUT2D eigenvalue weighted by Crippen LogP contribution is 2.36. The lowest BCUT2D eigenvalue weighted by Gasteiger charge is -2.26. The van der Waals surface area contributed by atoms with Crippen LogP contribution in [0, 0.1) is 5.82 Å². The zero-order valence-electron chi connectivity index (χ0n) is 18.7. The number of pyridine rings is 2. The average Bonchev–Trinajstić information content (AvgIpc) is 3.34. The smallest absolute Gasteiger partial charge is 0.193 e. The van der Waals surface area contributed by atoms with Crippen molar-refractivity contribution in [2.45, 2.75) is 38.8 Å². The molecule has 0 amide bonds. The van der Waals surface area contributed by atoms with Crippen molar-refractivity contribution in [2.75, 3.05) is 18.0 Å². The Morgan fingerprint density at radius 2 is 1.88 bits per heavy atom. The Kier molecular flexibility index (Phi) is 4.78. The van der Waals surface area contributed by atoms with Crippen LogP contribution < -0.4 is 10.2 Å². The van der Waals surface area contributed by atoms with Crippen LogP contribution in [0.3, 0.4) is 0 Å². The number of halogens is 1. The molecule has 1 fully saturated rings. The normalized spacial score (nSPS) is 17.0. The topological polar surface area (TPSA) is 79.1 Å². The summed E-state index contributed by atoms with van der Waals surface area (Å²) in [5.74, 6) is -0.251. The van der Waals surface area contributed by atoms with E-state index >= 15 is 0 Å². The minimum Gasteiger partial charge on any atom is -0.504 e. The predicted octanol–water partition coefficient (Wildman–Crippen LogP) is 4.00. The third-order valence-electron chi connectivity index (χ3n) is 5.78. The first-order chi connectivity index (χ1) is 15.2. The maximum absolute atomic E-state index is 14.7. The number of aromatic hydroxyl groups is 1. The van der Waals surface area contributed by atoms with E-state index in [1.807, 2.05) is 18.2 Å². The fourth-order valence-electron chi connectivity index (χ4n) is 4.46. The molecule has 0 unspecified atom stereocenters. The van der Waals surface area contributed by atoms with Gasteiger partial charge in [0.1, 0.15) is 11.3 Å². The van der Waals surface area contributed by atoms with Gasteiger partial charge in [-0.1, -0.05) is 0 Å². The van der Waals surface area contributed by atoms with Crippen molar-refractivity contribution >= 4 is 27.8 Å². The molecule has 7 nitrogen and oxygen atoms in total. The summed E-state index contributed by atoms with van der Waals surface area (Å²) in [6.07, 6.45) is 2.80. The first-order valence-corrected chi connectivity index (χ1v) is 10.8. The maximum Gasteiger partial charge on any atom is 0.193 e. The van der Waals surface area contributed by atoms with Gasteiger partial charge in [-0.15, -0.1) is 0 Å². The summed E-state index contributed by atoms with van der Waals surface area (Å²) in [4.78, 5) is 11.7. The summed E-state index contributed by atoms with van der Waals surface area (Å²) >= 11 is 0. The van der Waals surface area contributed by atoms with Crippen molar-refractivity contribution in [3.63, 3.8) is 0 Å². The molecular formula is C24H27FN6O. The summed E-state index contributed by atoms with van der Waals surface area (Å²) in [7, 11) is 1.72. The van der Waals surface area contributed by atoms with Gasteiger partial charge in [0.15, 0.2) is 11.6 Å². The molecule has 0 radical (unpaired) electrons. The lowest BCUT2D eigenvalue weighted by molar-refractivity contribution is 0.373. The van der Waals surface area contributed by atoms with E-state index in [0.717, 1.165) is 30.8 Å². The second kappa shape index (κ2) is 7.41. The lowest BCUT2D eigenvalue weighted by atomic mass is 10.1. The number of fused-ring (bicyclic) bond motifs is 2. The molecule has 0 saturated carbocycles. The van der Waals surface area contributed by atoms with Crippen molar-refractivity contribution in [3.05, 3.63) is 42.3 Å². The van der Waals surface area contributed by atoms with E-state index in [1.165, 1.54) is 4.68 Å². The van der Waals surface area contributed by atoms with Crippen molar-refractivity contribution in [1.29, 1.82) is 0 Å². The molecule has 1 aliphatic heterocycles. The lowest BCUT2D eigenvalue weighted by Crippen LogP contribution is -2.44. The third-order valence-corrected chi connectivity index (χ3v) is 5.78. The average molecular weight is 435 g/mol. The van der Waals surface area contributed by atoms with Crippen LogP contribution in [0.25, 0.3) is 33.2 Å². The van der Waals surface area contributed by atoms with Gasteiger partial charge in [0.05, 0.1) is 16.7 Å². The number of aromatic nitrogens is 4. The molecule has 1 aliphatic rings. The third kappa shape index (κ3) is 3.75. The van der Waals surface area contributed by atoms with E-state index < -0.39 is 11.6 Å². The van der Waals surface area contributed by atoms with Crippen LogP contribution in [0.15, 0.2) is 36.5 Å². The van der Waals surface area contributed by atoms with E-state index in [4.69, 9.17) is 4.98 Å². The van der Waals surface area contributed by atoms with Crippen molar-refractivity contribution < 1.29 is 9.50 Å². The van der Waals surface area contributed by atoms with Gasteiger partial charge in [0.2, 0.25) is 0 Å². The fraction of sp³-hybridized carbons (Fsp3) is 0.375. The van der Waals surface area contributed by atoms with Gasteiger partial charge < -0.3 is 15.3 Å². The number of benzene rings is 1. The zero-order valence-corrected chi connectivity index (χ0v) is 18.7. The van der Waals surface area contributed by atoms with Crippen molar-refractivity contribution in [2.24, 2.45) is 7.05 Å². The minimum atomic E-state index is -0.735. The number of hydrogen-bond acceptors (Lipinski definition) is 6. The molecule has 1 atom stereocenters. The van der Waals surface area contributed by atoms with E-state index in [0.29, 0.717) is 28.2 Å². The van der Waals surface area contributed by atoms with Gasteiger partial charge in [-0.2, -0.15) is 5.10 Å². The van der Waals surface area contributed by atoms with Gasteiger partial charge in [0, 0.05) is 48.9 Å². The number of phenolic OH excluding ortho intramolecular Hbond substituents is 1. The molecule has 32 heavy (non-hydrogen) atoms. The van der Waals surface area contributed by atoms with E-state index in [1.54, 1.807) is 25.4 Å². The van der Waals surface area contributed by atoms with E-state index in [9.17, 15) is 9.50 Å². The molecule has 8 heteroatoms. The Balaban J connectivity index is 1.45. The van der Waals surface area contributed by atoms with Crippen LogP contribution in [0.2, 0.25) is 0 Å². The first-order valence-electron chi connectivity index (χ1n) is 10.8.